The number of nitrogens with zero attached hydrogens (tertiary/aromatic N) is 4. The maximum atomic E-state index is 13.1. The Bertz CT molecular complexity index is 624. The molecule has 0 atom stereocenters. The lowest BCUT2D eigenvalue weighted by Gasteiger charge is -2.26. The largest absolute Gasteiger partial charge is 0.345 e. The summed E-state index contributed by atoms with van der Waals surface area (Å²) in [5, 5.41) is 6.85. The minimum absolute atomic E-state index is 0.0546. The van der Waals surface area contributed by atoms with Crippen LogP contribution in [0, 0.1) is 0 Å². The van der Waals surface area contributed by atoms with Crippen molar-refractivity contribution in [1.82, 2.24) is 20.1 Å². The number of halogens is 3. The molecule has 0 saturated heterocycles. The minimum Gasteiger partial charge on any atom is -0.345 e. The summed E-state index contributed by atoms with van der Waals surface area (Å²) in [6.07, 6.45) is 3.77. The Morgan fingerprint density at radius 1 is 1.27 bits per heavy atom. The predicted molar refractivity (Wildman–Crippen MR) is 77.5 cm³/mol. The van der Waals surface area contributed by atoms with Crippen LogP contribution in [-0.2, 0) is 6.54 Å². The van der Waals surface area contributed by atoms with Crippen molar-refractivity contribution in [1.29, 1.82) is 0 Å². The fraction of sp³-hybridized carbons (Fsp3) is 0.538. The van der Waals surface area contributed by atoms with Crippen LogP contribution in [0.1, 0.15) is 43.3 Å². The Balaban J connectivity index is 1.56. The molecule has 1 aliphatic carbocycles. The molecule has 1 fully saturated rings. The zero-order chi connectivity index (χ0) is 15.6. The van der Waals surface area contributed by atoms with Crippen molar-refractivity contribution >= 4 is 21.9 Å². The Kier molecular flexibility index (Phi) is 4.32. The average molecular weight is 374 g/mol. The maximum Gasteiger partial charge on any atom is 0.248 e. The molecule has 0 amide bonds. The molecule has 2 aromatic rings. The lowest BCUT2D eigenvalue weighted by atomic mass is 9.86. The number of aromatic nitrogens is 4. The molecule has 1 saturated carbocycles. The number of rotatable bonds is 4. The third-order valence-corrected chi connectivity index (χ3v) is 3.99. The zero-order valence-electron chi connectivity index (χ0n) is 11.6. The van der Waals surface area contributed by atoms with Crippen LogP contribution < -0.4 is 5.32 Å². The molecule has 0 unspecified atom stereocenters. The summed E-state index contributed by atoms with van der Waals surface area (Å²) in [7, 11) is 0. The van der Waals surface area contributed by atoms with Gasteiger partial charge in [0.2, 0.25) is 17.8 Å². The van der Waals surface area contributed by atoms with Crippen molar-refractivity contribution in [3.8, 4) is 0 Å². The Labute approximate surface area is 133 Å². The van der Waals surface area contributed by atoms with Crippen LogP contribution in [0.15, 0.2) is 21.4 Å². The van der Waals surface area contributed by atoms with Crippen LogP contribution in [0.4, 0.5) is 14.7 Å². The Morgan fingerprint density at radius 2 is 1.95 bits per heavy atom. The third-order valence-electron chi connectivity index (χ3n) is 3.58. The third kappa shape index (κ3) is 3.76. The van der Waals surface area contributed by atoms with E-state index in [2.05, 4.69) is 41.4 Å². The highest BCUT2D eigenvalue weighted by atomic mass is 79.9. The molecule has 2 heterocycles. The molecule has 0 aromatic carbocycles. The number of anilines is 1. The fourth-order valence-electron chi connectivity index (χ4n) is 2.36. The van der Waals surface area contributed by atoms with E-state index in [1.165, 1.54) is 0 Å². The highest BCUT2D eigenvalue weighted by Gasteiger charge is 2.36. The summed E-state index contributed by atoms with van der Waals surface area (Å²) < 4.78 is 32.2. The highest BCUT2D eigenvalue weighted by molar-refractivity contribution is 9.10. The lowest BCUT2D eigenvalue weighted by Crippen LogP contribution is -2.24. The van der Waals surface area contributed by atoms with Gasteiger partial charge in [-0.2, -0.15) is 4.98 Å². The van der Waals surface area contributed by atoms with Gasteiger partial charge in [0.15, 0.2) is 5.82 Å². The van der Waals surface area contributed by atoms with E-state index in [-0.39, 0.29) is 25.3 Å². The van der Waals surface area contributed by atoms with Crippen molar-refractivity contribution in [2.75, 3.05) is 5.32 Å². The Morgan fingerprint density at radius 3 is 2.64 bits per heavy atom. The van der Waals surface area contributed by atoms with Gasteiger partial charge in [-0.25, -0.2) is 18.7 Å². The zero-order valence-corrected chi connectivity index (χ0v) is 13.2. The van der Waals surface area contributed by atoms with Crippen molar-refractivity contribution in [3.05, 3.63) is 28.6 Å². The van der Waals surface area contributed by atoms with Gasteiger partial charge in [-0.3, -0.25) is 0 Å². The van der Waals surface area contributed by atoms with Gasteiger partial charge in [-0.05, 0) is 28.8 Å². The van der Waals surface area contributed by atoms with E-state index in [0.29, 0.717) is 30.5 Å². The van der Waals surface area contributed by atoms with Crippen LogP contribution in [0.3, 0.4) is 0 Å². The van der Waals surface area contributed by atoms with E-state index in [1.54, 1.807) is 12.4 Å². The number of alkyl halides is 2. The number of hydrogen-bond donors (Lipinski definition) is 1. The van der Waals surface area contributed by atoms with Gasteiger partial charge in [0.1, 0.15) is 0 Å². The van der Waals surface area contributed by atoms with E-state index in [1.807, 2.05) is 0 Å². The second kappa shape index (κ2) is 6.23. The first-order chi connectivity index (χ1) is 10.5. The lowest BCUT2D eigenvalue weighted by molar-refractivity contribution is -0.0389. The van der Waals surface area contributed by atoms with E-state index in [4.69, 9.17) is 4.52 Å². The average Bonchev–Trinajstić information content (AvgIpc) is 2.95. The molecule has 0 bridgehead atoms. The smallest absolute Gasteiger partial charge is 0.248 e. The van der Waals surface area contributed by atoms with Crippen LogP contribution in [0.2, 0.25) is 0 Å². The van der Waals surface area contributed by atoms with Crippen LogP contribution in [-0.4, -0.2) is 26.0 Å². The van der Waals surface area contributed by atoms with Crippen molar-refractivity contribution in [2.45, 2.75) is 44.1 Å². The molecule has 0 radical (unpaired) electrons. The first-order valence-corrected chi connectivity index (χ1v) is 7.73. The van der Waals surface area contributed by atoms with Gasteiger partial charge in [-0.1, -0.05) is 5.16 Å². The van der Waals surface area contributed by atoms with Crippen molar-refractivity contribution in [2.24, 2.45) is 0 Å². The summed E-state index contributed by atoms with van der Waals surface area (Å²) in [4.78, 5) is 12.4. The normalized spacial score (nSPS) is 18.3. The highest BCUT2D eigenvalue weighted by Crippen LogP contribution is 2.39. The maximum absolute atomic E-state index is 13.1. The molecule has 1 aliphatic rings. The predicted octanol–water partition coefficient (Wildman–Crippen LogP) is 3.53. The summed E-state index contributed by atoms with van der Waals surface area (Å²) in [6.45, 7) is 0.289. The van der Waals surface area contributed by atoms with E-state index < -0.39 is 5.92 Å². The summed E-state index contributed by atoms with van der Waals surface area (Å²) in [5.41, 5.74) is 0. The quantitative estimate of drug-likeness (QED) is 0.883. The van der Waals surface area contributed by atoms with E-state index in [9.17, 15) is 8.78 Å². The van der Waals surface area contributed by atoms with Gasteiger partial charge in [0, 0.05) is 31.2 Å². The molecule has 0 spiro atoms. The number of hydrogen-bond acceptors (Lipinski definition) is 6. The van der Waals surface area contributed by atoms with E-state index >= 15 is 0 Å². The molecule has 2 aromatic heterocycles. The second-order valence-corrected chi connectivity index (χ2v) is 6.17. The summed E-state index contributed by atoms with van der Waals surface area (Å²) >= 11 is 3.25. The molecule has 0 aliphatic heterocycles. The van der Waals surface area contributed by atoms with Gasteiger partial charge in [0.05, 0.1) is 11.0 Å². The number of nitrogens with one attached hydrogen (secondary N) is 1. The van der Waals surface area contributed by atoms with Crippen LogP contribution >= 0.6 is 15.9 Å². The molecular formula is C13H14BrF2N5O. The summed E-state index contributed by atoms with van der Waals surface area (Å²) in [5.74, 6) is -1.27. The molecular weight excluding hydrogens is 360 g/mol. The second-order valence-electron chi connectivity index (χ2n) is 5.25. The first-order valence-electron chi connectivity index (χ1n) is 6.93. The SMILES string of the molecule is FC1(F)CCC(c2noc(CNc3ncc(Br)cn3)n2)CC1. The monoisotopic (exact) mass is 373 g/mol. The fourth-order valence-corrected chi connectivity index (χ4v) is 2.57. The van der Waals surface area contributed by atoms with Gasteiger partial charge in [-0.15, -0.1) is 0 Å². The molecule has 118 valence electrons. The standard InChI is InChI=1S/C13H14BrF2N5O/c14-9-5-17-12(18-6-9)19-7-10-20-11(21-22-10)8-1-3-13(15,16)4-2-8/h5-6,8H,1-4,7H2,(H,17,18,19). The molecule has 6 nitrogen and oxygen atoms in total. The van der Waals surface area contributed by atoms with Crippen LogP contribution in [0.5, 0.6) is 0 Å². The molecule has 22 heavy (non-hydrogen) atoms. The summed E-state index contributed by atoms with van der Waals surface area (Å²) in [6, 6.07) is 0. The molecule has 9 heteroatoms. The van der Waals surface area contributed by atoms with E-state index in [0.717, 1.165) is 4.47 Å². The first kappa shape index (κ1) is 15.3. The van der Waals surface area contributed by atoms with Gasteiger partial charge in [0.25, 0.3) is 0 Å². The van der Waals surface area contributed by atoms with Crippen molar-refractivity contribution in [3.63, 3.8) is 0 Å². The molecule has 1 N–H and O–H groups in total. The van der Waals surface area contributed by atoms with Crippen LogP contribution in [0.25, 0.3) is 0 Å². The molecule has 3 rings (SSSR count). The van der Waals surface area contributed by atoms with Crippen molar-refractivity contribution < 1.29 is 13.3 Å². The van der Waals surface area contributed by atoms with Gasteiger partial charge < -0.3 is 9.84 Å². The Hall–Kier alpha value is -1.64. The van der Waals surface area contributed by atoms with Gasteiger partial charge >= 0.3 is 0 Å². The minimum atomic E-state index is -2.55. The topological polar surface area (TPSA) is 76.7 Å².